The number of hydrogen-bond acceptors (Lipinski definition) is 5. The number of phenolic OH excluding ortho intramolecular Hbond substituents is 1. The van der Waals surface area contributed by atoms with E-state index >= 15 is 0 Å². The van der Waals surface area contributed by atoms with E-state index in [0.29, 0.717) is 22.6 Å². The second-order valence-corrected chi connectivity index (χ2v) is 4.98. The zero-order valence-electron chi connectivity index (χ0n) is 13.1. The highest BCUT2D eigenvalue weighted by Crippen LogP contribution is 2.30. The van der Waals surface area contributed by atoms with Crippen molar-refractivity contribution in [1.82, 2.24) is 0 Å². The van der Waals surface area contributed by atoms with Gasteiger partial charge < -0.3 is 19.0 Å². The lowest BCUT2D eigenvalue weighted by Crippen LogP contribution is -2.05. The molecule has 1 heterocycles. The van der Waals surface area contributed by atoms with Crippen molar-refractivity contribution in [2.45, 2.75) is 6.92 Å². The highest BCUT2D eigenvalue weighted by molar-refractivity contribution is 5.88. The van der Waals surface area contributed by atoms with Crippen molar-refractivity contribution in [1.29, 1.82) is 0 Å². The van der Waals surface area contributed by atoms with Crippen molar-refractivity contribution >= 4 is 11.0 Å². The van der Waals surface area contributed by atoms with Gasteiger partial charge in [0, 0.05) is 19.1 Å². The number of ether oxygens (including phenoxy) is 2. The number of aromatic hydroxyl groups is 1. The normalized spacial score (nSPS) is 10.1. The number of benzene rings is 2. The molecule has 0 atom stereocenters. The predicted molar refractivity (Wildman–Crippen MR) is 90.2 cm³/mol. The molecular weight excluding hydrogens is 308 g/mol. The Bertz CT molecular complexity index is 1000. The SMILES string of the molecule is CC#COc1cc(O)c2c(=O)c(-c3ccc(OC)cc3)coc2c1. The van der Waals surface area contributed by atoms with Gasteiger partial charge in [-0.25, -0.2) is 0 Å². The van der Waals surface area contributed by atoms with Gasteiger partial charge in [0.25, 0.3) is 0 Å². The van der Waals surface area contributed by atoms with Crippen LogP contribution in [0.4, 0.5) is 0 Å². The molecule has 2 aromatic carbocycles. The minimum Gasteiger partial charge on any atom is -0.507 e. The smallest absolute Gasteiger partial charge is 0.204 e. The third-order valence-corrected chi connectivity index (χ3v) is 3.50. The topological polar surface area (TPSA) is 68.9 Å². The fourth-order valence-electron chi connectivity index (χ4n) is 2.35. The summed E-state index contributed by atoms with van der Waals surface area (Å²) in [6, 6.07) is 9.85. The summed E-state index contributed by atoms with van der Waals surface area (Å²) < 4.78 is 15.7. The van der Waals surface area contributed by atoms with Crippen LogP contribution >= 0.6 is 0 Å². The largest absolute Gasteiger partial charge is 0.507 e. The Labute approximate surface area is 138 Å². The first-order valence-corrected chi connectivity index (χ1v) is 7.15. The standard InChI is InChI=1S/C19H14O5/c1-3-8-23-14-9-16(20)18-17(10-14)24-11-15(19(18)21)12-4-6-13(22-2)7-5-12/h4-7,9-11,20H,1-2H3. The molecule has 0 spiro atoms. The molecule has 0 aliphatic rings. The average molecular weight is 322 g/mol. The van der Waals surface area contributed by atoms with Crippen LogP contribution in [0.25, 0.3) is 22.1 Å². The van der Waals surface area contributed by atoms with Gasteiger partial charge >= 0.3 is 0 Å². The molecule has 0 saturated carbocycles. The highest BCUT2D eigenvalue weighted by atomic mass is 16.5. The molecule has 5 nitrogen and oxygen atoms in total. The Hall–Kier alpha value is -3.39. The summed E-state index contributed by atoms with van der Waals surface area (Å²) in [4.78, 5) is 12.7. The molecule has 1 N–H and O–H groups in total. The third-order valence-electron chi connectivity index (χ3n) is 3.50. The fourth-order valence-corrected chi connectivity index (χ4v) is 2.35. The van der Waals surface area contributed by atoms with Crippen LogP contribution in [0.5, 0.6) is 17.2 Å². The van der Waals surface area contributed by atoms with Crippen molar-refractivity contribution in [3.8, 4) is 40.4 Å². The lowest BCUT2D eigenvalue weighted by molar-refractivity contribution is 0.415. The van der Waals surface area contributed by atoms with Gasteiger partial charge in [-0.05, 0) is 17.7 Å². The second-order valence-electron chi connectivity index (χ2n) is 4.98. The van der Waals surface area contributed by atoms with E-state index < -0.39 is 0 Å². The van der Waals surface area contributed by atoms with Gasteiger partial charge in [0.05, 0.1) is 12.7 Å². The van der Waals surface area contributed by atoms with Gasteiger partial charge in [-0.1, -0.05) is 18.1 Å². The first-order valence-electron chi connectivity index (χ1n) is 7.15. The maximum Gasteiger partial charge on any atom is 0.204 e. The molecular formula is C19H14O5. The molecule has 3 rings (SSSR count). The summed E-state index contributed by atoms with van der Waals surface area (Å²) >= 11 is 0. The van der Waals surface area contributed by atoms with E-state index in [2.05, 4.69) is 12.0 Å². The Balaban J connectivity index is 2.14. The summed E-state index contributed by atoms with van der Waals surface area (Å²) in [6.07, 6.45) is 3.79. The molecule has 0 fully saturated rings. The van der Waals surface area contributed by atoms with Crippen molar-refractivity contribution in [2.24, 2.45) is 0 Å². The van der Waals surface area contributed by atoms with E-state index in [0.717, 1.165) is 0 Å². The summed E-state index contributed by atoms with van der Waals surface area (Å²) in [5.74, 6) is 3.35. The van der Waals surface area contributed by atoms with Crippen LogP contribution in [-0.4, -0.2) is 12.2 Å². The maximum atomic E-state index is 12.7. The van der Waals surface area contributed by atoms with Crippen LogP contribution in [0.1, 0.15) is 6.92 Å². The number of rotatable bonds is 3. The second kappa shape index (κ2) is 6.39. The van der Waals surface area contributed by atoms with Crippen LogP contribution in [0, 0.1) is 12.0 Å². The number of phenols is 1. The summed E-state index contributed by atoms with van der Waals surface area (Å²) in [7, 11) is 1.57. The first-order chi connectivity index (χ1) is 11.6. The van der Waals surface area contributed by atoms with E-state index in [4.69, 9.17) is 13.9 Å². The Morgan fingerprint density at radius 1 is 1.12 bits per heavy atom. The van der Waals surface area contributed by atoms with Crippen molar-refractivity contribution < 1.29 is 19.0 Å². The van der Waals surface area contributed by atoms with E-state index in [1.807, 2.05) is 0 Å². The number of fused-ring (bicyclic) bond motifs is 1. The molecule has 0 aliphatic carbocycles. The highest BCUT2D eigenvalue weighted by Gasteiger charge is 2.14. The molecule has 0 aliphatic heterocycles. The van der Waals surface area contributed by atoms with Gasteiger partial charge in [-0.15, -0.1) is 0 Å². The van der Waals surface area contributed by atoms with E-state index in [9.17, 15) is 9.90 Å². The zero-order chi connectivity index (χ0) is 17.1. The third kappa shape index (κ3) is 2.77. The van der Waals surface area contributed by atoms with E-state index in [1.54, 1.807) is 38.3 Å². The molecule has 0 radical (unpaired) electrons. The van der Waals surface area contributed by atoms with Gasteiger partial charge in [0.1, 0.15) is 40.6 Å². The Morgan fingerprint density at radius 2 is 1.88 bits per heavy atom. The fraction of sp³-hybridized carbons (Fsp3) is 0.105. The van der Waals surface area contributed by atoms with E-state index in [-0.39, 0.29) is 22.1 Å². The maximum absolute atomic E-state index is 12.7. The molecule has 0 bridgehead atoms. The van der Waals surface area contributed by atoms with Crippen molar-refractivity contribution in [3.63, 3.8) is 0 Å². The summed E-state index contributed by atoms with van der Waals surface area (Å²) in [5.41, 5.74) is 0.919. The summed E-state index contributed by atoms with van der Waals surface area (Å²) in [5, 5.41) is 10.3. The molecule has 24 heavy (non-hydrogen) atoms. The number of hydrogen-bond donors (Lipinski definition) is 1. The predicted octanol–water partition coefficient (Wildman–Crippen LogP) is 3.53. The monoisotopic (exact) mass is 322 g/mol. The van der Waals surface area contributed by atoms with Crippen molar-refractivity contribution in [3.05, 3.63) is 52.9 Å². The van der Waals surface area contributed by atoms with Gasteiger partial charge in [0.15, 0.2) is 0 Å². The lowest BCUT2D eigenvalue weighted by Gasteiger charge is -2.06. The van der Waals surface area contributed by atoms with Crippen LogP contribution in [0.2, 0.25) is 0 Å². The van der Waals surface area contributed by atoms with Gasteiger partial charge in [-0.3, -0.25) is 4.79 Å². The molecule has 5 heteroatoms. The minimum atomic E-state index is -0.327. The molecule has 0 saturated heterocycles. The van der Waals surface area contributed by atoms with Crippen LogP contribution < -0.4 is 14.9 Å². The quantitative estimate of drug-likeness (QED) is 0.747. The van der Waals surface area contributed by atoms with Gasteiger partial charge in [-0.2, -0.15) is 0 Å². The Kier molecular flexibility index (Phi) is 4.13. The summed E-state index contributed by atoms with van der Waals surface area (Å²) in [6.45, 7) is 1.63. The molecule has 0 unspecified atom stereocenters. The first kappa shape index (κ1) is 15.5. The van der Waals surface area contributed by atoms with Gasteiger partial charge in [0.2, 0.25) is 5.43 Å². The molecule has 1 aromatic heterocycles. The Morgan fingerprint density at radius 3 is 2.54 bits per heavy atom. The molecule has 120 valence electrons. The molecule has 0 amide bonds. The zero-order valence-corrected chi connectivity index (χ0v) is 13.1. The number of methoxy groups -OCH3 is 1. The van der Waals surface area contributed by atoms with Crippen LogP contribution in [0.3, 0.4) is 0 Å². The lowest BCUT2D eigenvalue weighted by atomic mass is 10.0. The molecule has 3 aromatic rings. The van der Waals surface area contributed by atoms with Crippen molar-refractivity contribution in [2.75, 3.05) is 7.11 Å². The van der Waals surface area contributed by atoms with Crippen LogP contribution in [-0.2, 0) is 0 Å². The minimum absolute atomic E-state index is 0.0973. The van der Waals surface area contributed by atoms with Crippen LogP contribution in [0.15, 0.2) is 51.9 Å². The average Bonchev–Trinajstić information content (AvgIpc) is 2.60. The van der Waals surface area contributed by atoms with E-state index in [1.165, 1.54) is 18.4 Å².